The molecule has 1 N–H and O–H groups in total. The number of carbonyl (C=O) groups is 1. The molecule has 2 unspecified atom stereocenters. The molecule has 158 valence electrons. The fourth-order valence-corrected chi connectivity index (χ4v) is 3.88. The van der Waals surface area contributed by atoms with Crippen molar-refractivity contribution in [2.24, 2.45) is 0 Å². The molecule has 0 radical (unpaired) electrons. The first kappa shape index (κ1) is 19.6. The zero-order valence-corrected chi connectivity index (χ0v) is 17.6. The molecular weight excluding hydrogens is 416 g/mol. The van der Waals surface area contributed by atoms with Gasteiger partial charge in [0, 0.05) is 13.2 Å². The van der Waals surface area contributed by atoms with E-state index in [0.29, 0.717) is 35.5 Å². The van der Waals surface area contributed by atoms with Crippen LogP contribution in [0, 0.1) is 0 Å². The Morgan fingerprint density at radius 1 is 1.23 bits per heavy atom. The smallest absolute Gasteiger partial charge is 0.291 e. The van der Waals surface area contributed by atoms with Gasteiger partial charge in [-0.25, -0.2) is 14.6 Å². The number of carbonyl (C=O) groups excluding carboxylic acids is 1. The highest BCUT2D eigenvalue weighted by Crippen LogP contribution is 2.29. The Labute approximate surface area is 184 Å². The first-order chi connectivity index (χ1) is 15.1. The van der Waals surface area contributed by atoms with Crippen LogP contribution in [0.3, 0.4) is 0 Å². The van der Waals surface area contributed by atoms with Crippen molar-refractivity contribution in [3.63, 3.8) is 0 Å². The van der Waals surface area contributed by atoms with E-state index in [1.165, 1.54) is 0 Å². The quantitative estimate of drug-likeness (QED) is 0.621. The summed E-state index contributed by atoms with van der Waals surface area (Å²) in [5, 5.41) is 7.30. The lowest BCUT2D eigenvalue weighted by molar-refractivity contribution is 0.0389. The molecule has 4 heterocycles. The molecule has 0 saturated carbocycles. The lowest BCUT2D eigenvalue weighted by Gasteiger charge is -2.22. The minimum atomic E-state index is -0.525. The van der Waals surface area contributed by atoms with Crippen LogP contribution in [0.1, 0.15) is 28.1 Å². The van der Waals surface area contributed by atoms with Gasteiger partial charge in [-0.3, -0.25) is 4.79 Å². The molecule has 0 aliphatic carbocycles. The maximum atomic E-state index is 13.0. The number of likely N-dealkylation sites (N-methyl/N-ethyl adjacent to an activating group) is 1. The van der Waals surface area contributed by atoms with Crippen molar-refractivity contribution < 1.29 is 14.3 Å². The lowest BCUT2D eigenvalue weighted by atomic mass is 10.1. The monoisotopic (exact) mass is 436 g/mol. The molecule has 3 aromatic rings. The summed E-state index contributed by atoms with van der Waals surface area (Å²) >= 11 is 5.58. The van der Waals surface area contributed by atoms with Crippen LogP contribution < -0.4 is 15.0 Å². The molecule has 2 atom stereocenters. The fourth-order valence-electron chi connectivity index (χ4n) is 3.67. The molecule has 0 spiro atoms. The number of rotatable bonds is 3. The standard InChI is InChI=1S/C21H20N6O3S/c1-26-18-15(8-5-9-22-18)30-12-14(21(26)31)23-20(28)17-24-19-16(13-6-3-2-4-7-13)29-11-10-27(19)25-17/h2-9,14,16H,10-12H2,1H3,(H,23,28). The van der Waals surface area contributed by atoms with Gasteiger partial charge in [0.2, 0.25) is 5.82 Å². The highest BCUT2D eigenvalue weighted by molar-refractivity contribution is 7.80. The van der Waals surface area contributed by atoms with Crippen molar-refractivity contribution in [1.82, 2.24) is 25.1 Å². The van der Waals surface area contributed by atoms with Crippen LogP contribution in [-0.2, 0) is 11.3 Å². The largest absolute Gasteiger partial charge is 0.487 e. The van der Waals surface area contributed by atoms with Crippen LogP contribution in [0.4, 0.5) is 5.82 Å². The van der Waals surface area contributed by atoms with E-state index in [1.54, 1.807) is 28.9 Å². The van der Waals surface area contributed by atoms with E-state index in [-0.39, 0.29) is 18.5 Å². The van der Waals surface area contributed by atoms with Crippen LogP contribution in [-0.4, -0.2) is 56.9 Å². The van der Waals surface area contributed by atoms with E-state index < -0.39 is 11.9 Å². The highest BCUT2D eigenvalue weighted by Gasteiger charge is 2.32. The van der Waals surface area contributed by atoms with Crippen molar-refractivity contribution in [1.29, 1.82) is 0 Å². The second-order valence-corrected chi connectivity index (χ2v) is 7.66. The van der Waals surface area contributed by atoms with E-state index in [4.69, 9.17) is 21.7 Å². The van der Waals surface area contributed by atoms with Crippen molar-refractivity contribution >= 4 is 28.9 Å². The summed E-state index contributed by atoms with van der Waals surface area (Å²) < 4.78 is 13.5. The number of benzene rings is 1. The Bertz CT molecular complexity index is 1140. The number of aromatic nitrogens is 4. The molecule has 31 heavy (non-hydrogen) atoms. The van der Waals surface area contributed by atoms with E-state index in [9.17, 15) is 4.79 Å². The third-order valence-corrected chi connectivity index (χ3v) is 5.79. The van der Waals surface area contributed by atoms with Crippen molar-refractivity contribution in [2.45, 2.75) is 18.7 Å². The molecule has 10 heteroatoms. The molecular formula is C21H20N6O3S. The third-order valence-electron chi connectivity index (χ3n) is 5.24. The van der Waals surface area contributed by atoms with E-state index >= 15 is 0 Å². The molecule has 9 nitrogen and oxygen atoms in total. The molecule has 1 aromatic carbocycles. The van der Waals surface area contributed by atoms with Gasteiger partial charge in [0.15, 0.2) is 17.4 Å². The normalized spacial score (nSPS) is 20.3. The first-order valence-corrected chi connectivity index (χ1v) is 10.3. The number of thiocarbonyl (C=S) groups is 1. The van der Waals surface area contributed by atoms with Gasteiger partial charge in [0.25, 0.3) is 5.91 Å². The van der Waals surface area contributed by atoms with Crippen molar-refractivity contribution in [3.05, 3.63) is 65.9 Å². The number of fused-ring (bicyclic) bond motifs is 2. The maximum absolute atomic E-state index is 13.0. The van der Waals surface area contributed by atoms with Crippen LogP contribution in [0.5, 0.6) is 5.75 Å². The topological polar surface area (TPSA) is 94.4 Å². The van der Waals surface area contributed by atoms with Gasteiger partial charge in [0.1, 0.15) is 23.7 Å². The number of hydrogen-bond donors (Lipinski definition) is 1. The molecule has 0 fully saturated rings. The second kappa shape index (κ2) is 8.05. The van der Waals surface area contributed by atoms with Crippen LogP contribution in [0.2, 0.25) is 0 Å². The number of anilines is 1. The van der Waals surface area contributed by atoms with Crippen LogP contribution in [0.25, 0.3) is 0 Å². The van der Waals surface area contributed by atoms with Crippen LogP contribution in [0.15, 0.2) is 48.7 Å². The molecule has 2 aliphatic heterocycles. The number of hydrogen-bond acceptors (Lipinski definition) is 7. The Hall–Kier alpha value is -3.37. The zero-order chi connectivity index (χ0) is 21.4. The Balaban J connectivity index is 1.36. The number of nitrogens with one attached hydrogen (secondary N) is 1. The SMILES string of the molecule is CN1C(=S)C(NC(=O)c2nc3n(n2)CCOC3c2ccccc2)COc2cccnc21. The summed E-state index contributed by atoms with van der Waals surface area (Å²) in [4.78, 5) is 24.0. The fraction of sp³-hybridized carbons (Fsp3) is 0.286. The van der Waals surface area contributed by atoms with Gasteiger partial charge in [-0.05, 0) is 17.7 Å². The van der Waals surface area contributed by atoms with Crippen molar-refractivity contribution in [3.8, 4) is 5.75 Å². The molecule has 2 aromatic heterocycles. The number of amides is 1. The summed E-state index contributed by atoms with van der Waals surface area (Å²) in [6.07, 6.45) is 1.31. The Morgan fingerprint density at radius 3 is 2.90 bits per heavy atom. The molecule has 0 saturated heterocycles. The van der Waals surface area contributed by atoms with Gasteiger partial charge in [-0.2, -0.15) is 0 Å². The van der Waals surface area contributed by atoms with Crippen molar-refractivity contribution in [2.75, 3.05) is 25.2 Å². The predicted molar refractivity (Wildman–Crippen MR) is 116 cm³/mol. The summed E-state index contributed by atoms with van der Waals surface area (Å²) in [5.74, 6) is 1.49. The molecule has 0 bridgehead atoms. The lowest BCUT2D eigenvalue weighted by Crippen LogP contribution is -2.48. The average molecular weight is 436 g/mol. The van der Waals surface area contributed by atoms with Gasteiger partial charge in [-0.1, -0.05) is 42.5 Å². The minimum Gasteiger partial charge on any atom is -0.487 e. The summed E-state index contributed by atoms with van der Waals surface area (Å²) in [6.45, 7) is 1.22. The Morgan fingerprint density at radius 2 is 2.06 bits per heavy atom. The van der Waals surface area contributed by atoms with E-state index in [2.05, 4.69) is 20.4 Å². The van der Waals surface area contributed by atoms with Gasteiger partial charge < -0.3 is 19.7 Å². The maximum Gasteiger partial charge on any atom is 0.291 e. The number of pyridine rings is 1. The van der Waals surface area contributed by atoms with Gasteiger partial charge in [0.05, 0.1) is 13.2 Å². The average Bonchev–Trinajstić information content (AvgIpc) is 3.22. The van der Waals surface area contributed by atoms with E-state index in [1.807, 2.05) is 36.4 Å². The number of nitrogens with zero attached hydrogens (tertiary/aromatic N) is 5. The summed E-state index contributed by atoms with van der Waals surface area (Å²) in [7, 11) is 1.80. The van der Waals surface area contributed by atoms with Crippen LogP contribution >= 0.6 is 12.2 Å². The summed E-state index contributed by atoms with van der Waals surface area (Å²) in [6, 6.07) is 12.9. The zero-order valence-electron chi connectivity index (χ0n) is 16.8. The third kappa shape index (κ3) is 3.64. The number of ether oxygens (including phenoxy) is 2. The molecule has 5 rings (SSSR count). The minimum absolute atomic E-state index is 0.0757. The summed E-state index contributed by atoms with van der Waals surface area (Å²) in [5.41, 5.74) is 0.966. The molecule has 1 amide bonds. The highest BCUT2D eigenvalue weighted by atomic mass is 32.1. The molecule has 2 aliphatic rings. The Kier molecular flexibility index (Phi) is 5.08. The first-order valence-electron chi connectivity index (χ1n) is 9.89. The predicted octanol–water partition coefficient (Wildman–Crippen LogP) is 1.75. The van der Waals surface area contributed by atoms with Gasteiger partial charge in [-0.15, -0.1) is 5.10 Å². The van der Waals surface area contributed by atoms with Gasteiger partial charge >= 0.3 is 0 Å². The van der Waals surface area contributed by atoms with E-state index in [0.717, 1.165) is 5.56 Å². The second-order valence-electron chi connectivity index (χ2n) is 7.24.